The summed E-state index contributed by atoms with van der Waals surface area (Å²) < 4.78 is 24.4. The van der Waals surface area contributed by atoms with Crippen LogP contribution in [-0.2, 0) is 0 Å². The van der Waals surface area contributed by atoms with Gasteiger partial charge in [0, 0.05) is 11.8 Å². The number of nitrogens with zero attached hydrogens (tertiary/aromatic N) is 4. The predicted molar refractivity (Wildman–Crippen MR) is 94.5 cm³/mol. The first-order chi connectivity index (χ1) is 12.0. The summed E-state index contributed by atoms with van der Waals surface area (Å²) in [5.74, 6) is -0.751. The molecule has 1 unspecified atom stereocenters. The first kappa shape index (κ1) is 17.7. The van der Waals surface area contributed by atoms with Gasteiger partial charge in [-0.25, -0.2) is 18.4 Å². The monoisotopic (exact) mass is 429 g/mol. The molecule has 0 fully saturated rings. The third kappa shape index (κ3) is 3.61. The number of anilines is 1. The molecule has 0 saturated carbocycles. The van der Waals surface area contributed by atoms with Crippen molar-refractivity contribution in [3.05, 3.63) is 39.0 Å². The number of thioether (sulfide) groups is 1. The summed E-state index contributed by atoms with van der Waals surface area (Å²) in [6, 6.07) is 4.09. The van der Waals surface area contributed by atoms with Gasteiger partial charge in [0.25, 0.3) is 0 Å². The van der Waals surface area contributed by atoms with Gasteiger partial charge in [0.2, 0.25) is 11.6 Å². The molecule has 1 aromatic carbocycles. The van der Waals surface area contributed by atoms with Crippen LogP contribution in [0.2, 0.25) is 0 Å². The molecular formula is C14H13BrFN5O3S. The number of benzene rings is 1. The van der Waals surface area contributed by atoms with Crippen LogP contribution >= 0.6 is 27.7 Å². The van der Waals surface area contributed by atoms with Crippen molar-refractivity contribution in [3.63, 3.8) is 0 Å². The van der Waals surface area contributed by atoms with Crippen molar-refractivity contribution in [1.82, 2.24) is 20.0 Å². The largest absolute Gasteiger partial charge is 0.446 e. The van der Waals surface area contributed by atoms with E-state index < -0.39 is 11.6 Å². The molecule has 2 heterocycles. The van der Waals surface area contributed by atoms with Crippen molar-refractivity contribution in [2.24, 2.45) is 0 Å². The maximum absolute atomic E-state index is 13.5. The van der Waals surface area contributed by atoms with Crippen LogP contribution in [0.5, 0.6) is 0 Å². The number of hydrogen-bond acceptors (Lipinski definition) is 8. The quantitative estimate of drug-likeness (QED) is 0.638. The van der Waals surface area contributed by atoms with Gasteiger partial charge in [-0.05, 0) is 50.7 Å². The van der Waals surface area contributed by atoms with Crippen LogP contribution in [0, 0.1) is 5.82 Å². The van der Waals surface area contributed by atoms with E-state index in [4.69, 9.17) is 9.15 Å². The van der Waals surface area contributed by atoms with Crippen LogP contribution in [-0.4, -0.2) is 38.1 Å². The minimum absolute atomic E-state index is 0.101. The molecule has 1 N–H and O–H groups in total. The first-order valence-corrected chi connectivity index (χ1v) is 9.23. The van der Waals surface area contributed by atoms with E-state index in [9.17, 15) is 9.18 Å². The minimum atomic E-state index is -0.736. The number of nitrogens with one attached hydrogen (secondary N) is 1. The van der Waals surface area contributed by atoms with Crippen LogP contribution in [0.3, 0.4) is 0 Å². The topological polar surface area (TPSA) is 99.0 Å². The lowest BCUT2D eigenvalue weighted by Gasteiger charge is -2.09. The van der Waals surface area contributed by atoms with Gasteiger partial charge in [-0.3, -0.25) is 4.52 Å². The number of halogens is 2. The van der Waals surface area contributed by atoms with Crippen molar-refractivity contribution in [1.29, 1.82) is 0 Å². The molecule has 0 aliphatic rings. The Bertz CT molecular complexity index is 941. The maximum atomic E-state index is 13.5. The lowest BCUT2D eigenvalue weighted by molar-refractivity contribution is 0.309. The van der Waals surface area contributed by atoms with Gasteiger partial charge in [-0.15, -0.1) is 0 Å². The second-order valence-corrected chi connectivity index (χ2v) is 7.23. The minimum Gasteiger partial charge on any atom is -0.364 e. The Morgan fingerprint density at radius 2 is 2.20 bits per heavy atom. The molecule has 1 atom stereocenters. The normalized spacial score (nSPS) is 12.3. The zero-order chi connectivity index (χ0) is 18.0. The average Bonchev–Trinajstić information content (AvgIpc) is 3.21. The highest BCUT2D eigenvalue weighted by molar-refractivity contribution is 9.10. The highest BCUT2D eigenvalue weighted by Gasteiger charge is 2.23. The standard InChI is InChI=1S/C14H13BrFN5O3S/c1-7(25-2)6-17-12-11(18-24-19-12)13-20-23-14(22)21(13)8-3-4-10(16)9(15)5-8/h3-5,7H,6H2,1-2H3,(H,17,19). The number of aromatic nitrogens is 4. The van der Waals surface area contributed by atoms with Gasteiger partial charge < -0.3 is 5.32 Å². The highest BCUT2D eigenvalue weighted by Crippen LogP contribution is 2.26. The van der Waals surface area contributed by atoms with Crippen LogP contribution in [0.4, 0.5) is 10.2 Å². The summed E-state index contributed by atoms with van der Waals surface area (Å²) in [7, 11) is 0. The summed E-state index contributed by atoms with van der Waals surface area (Å²) in [6.45, 7) is 2.67. The molecule has 11 heteroatoms. The fraction of sp³-hybridized carbons (Fsp3) is 0.286. The van der Waals surface area contributed by atoms with Crippen molar-refractivity contribution in [2.75, 3.05) is 18.1 Å². The molecule has 0 saturated heterocycles. The van der Waals surface area contributed by atoms with Gasteiger partial charge in [-0.1, -0.05) is 12.1 Å². The predicted octanol–water partition coefficient (Wildman–Crippen LogP) is 2.94. The molecule has 132 valence electrons. The average molecular weight is 430 g/mol. The van der Waals surface area contributed by atoms with Crippen molar-refractivity contribution < 1.29 is 13.5 Å². The van der Waals surface area contributed by atoms with Crippen molar-refractivity contribution in [3.8, 4) is 17.2 Å². The van der Waals surface area contributed by atoms with Crippen LogP contribution < -0.4 is 11.1 Å². The SMILES string of the molecule is CSC(C)CNc1nonc1-c1noc(=O)n1-c1ccc(F)c(Br)c1. The second kappa shape index (κ2) is 7.40. The lowest BCUT2D eigenvalue weighted by atomic mass is 10.3. The van der Waals surface area contributed by atoms with E-state index in [0.29, 0.717) is 23.3 Å². The Balaban J connectivity index is 2.02. The highest BCUT2D eigenvalue weighted by atomic mass is 79.9. The smallest absolute Gasteiger partial charge is 0.364 e. The van der Waals surface area contributed by atoms with E-state index in [2.05, 4.69) is 36.7 Å². The fourth-order valence-corrected chi connectivity index (χ4v) is 2.64. The Morgan fingerprint density at radius 1 is 1.40 bits per heavy atom. The molecule has 8 nitrogen and oxygen atoms in total. The summed E-state index contributed by atoms with van der Waals surface area (Å²) in [6.07, 6.45) is 2.00. The third-order valence-corrected chi connectivity index (χ3v) is 5.00. The molecule has 0 bridgehead atoms. The Labute approximate surface area is 153 Å². The van der Waals surface area contributed by atoms with Crippen LogP contribution in [0.25, 0.3) is 17.2 Å². The Morgan fingerprint density at radius 3 is 2.92 bits per heavy atom. The van der Waals surface area contributed by atoms with Gasteiger partial charge >= 0.3 is 5.76 Å². The van der Waals surface area contributed by atoms with E-state index in [1.807, 2.05) is 13.2 Å². The molecule has 0 aliphatic carbocycles. The van der Waals surface area contributed by atoms with E-state index in [1.54, 1.807) is 11.8 Å². The molecule has 2 aromatic heterocycles. The van der Waals surface area contributed by atoms with Crippen molar-refractivity contribution >= 4 is 33.5 Å². The Kier molecular flexibility index (Phi) is 5.23. The van der Waals surface area contributed by atoms with Gasteiger partial charge in [0.15, 0.2) is 5.69 Å². The molecule has 25 heavy (non-hydrogen) atoms. The molecular weight excluding hydrogens is 417 g/mol. The summed E-state index contributed by atoms with van der Waals surface area (Å²) >= 11 is 4.77. The summed E-state index contributed by atoms with van der Waals surface area (Å²) in [5, 5.41) is 14.8. The third-order valence-electron chi connectivity index (χ3n) is 3.43. The van der Waals surface area contributed by atoms with Crippen LogP contribution in [0.15, 0.2) is 36.6 Å². The molecule has 3 aromatic rings. The molecule has 0 spiro atoms. The fourth-order valence-electron chi connectivity index (χ4n) is 2.03. The Hall–Kier alpha value is -2.14. The van der Waals surface area contributed by atoms with E-state index in [0.717, 1.165) is 4.57 Å². The maximum Gasteiger partial charge on any atom is 0.446 e. The summed E-state index contributed by atoms with van der Waals surface area (Å²) in [5.41, 5.74) is 0.584. The zero-order valence-electron chi connectivity index (χ0n) is 13.2. The number of rotatable bonds is 6. The van der Waals surface area contributed by atoms with Crippen molar-refractivity contribution in [2.45, 2.75) is 12.2 Å². The van der Waals surface area contributed by atoms with E-state index >= 15 is 0 Å². The van der Waals surface area contributed by atoms with E-state index in [-0.39, 0.29) is 16.0 Å². The zero-order valence-corrected chi connectivity index (χ0v) is 15.6. The lowest BCUT2D eigenvalue weighted by Crippen LogP contribution is -2.15. The molecule has 0 aliphatic heterocycles. The van der Waals surface area contributed by atoms with Crippen LogP contribution in [0.1, 0.15) is 6.92 Å². The van der Waals surface area contributed by atoms with Gasteiger partial charge in [0.1, 0.15) is 5.82 Å². The van der Waals surface area contributed by atoms with Gasteiger partial charge in [0.05, 0.1) is 10.2 Å². The molecule has 3 rings (SSSR count). The van der Waals surface area contributed by atoms with Gasteiger partial charge in [-0.2, -0.15) is 11.8 Å². The second-order valence-electron chi connectivity index (χ2n) is 5.09. The van der Waals surface area contributed by atoms with E-state index in [1.165, 1.54) is 18.2 Å². The molecule has 0 radical (unpaired) electrons. The first-order valence-electron chi connectivity index (χ1n) is 7.15. The number of hydrogen-bond donors (Lipinski definition) is 1. The molecule has 0 amide bonds. The summed E-state index contributed by atoms with van der Waals surface area (Å²) in [4.78, 5) is 12.1.